The predicted octanol–water partition coefficient (Wildman–Crippen LogP) is 4.03. The third-order valence-electron chi connectivity index (χ3n) is 3.99. The number of carbonyl (C=O) groups is 1. The fraction of sp³-hybridized carbons (Fsp3) is 0.150. The van der Waals surface area contributed by atoms with Crippen molar-refractivity contribution in [1.82, 2.24) is 14.8 Å². The Labute approximate surface area is 161 Å². The number of rotatable bonds is 7. The van der Waals surface area contributed by atoms with E-state index in [1.54, 1.807) is 40.8 Å². The highest BCUT2D eigenvalue weighted by atomic mass is 32.2. The molecule has 5 nitrogen and oxygen atoms in total. The lowest BCUT2D eigenvalue weighted by molar-refractivity contribution is -0.115. The second kappa shape index (κ2) is 8.64. The van der Waals surface area contributed by atoms with Crippen LogP contribution in [0.1, 0.15) is 0 Å². The Morgan fingerprint density at radius 2 is 1.89 bits per heavy atom. The van der Waals surface area contributed by atoms with Gasteiger partial charge < -0.3 is 4.90 Å². The number of amides is 1. The summed E-state index contributed by atoms with van der Waals surface area (Å²) >= 11 is 1.27. The summed E-state index contributed by atoms with van der Waals surface area (Å²) in [5, 5.41) is 8.82. The zero-order valence-electron chi connectivity index (χ0n) is 14.9. The molecule has 0 aliphatic rings. The third-order valence-corrected chi connectivity index (χ3v) is 4.94. The number of thioether (sulfide) groups is 1. The number of carbonyl (C=O) groups excluding carboxylic acids is 1. The monoisotopic (exact) mass is 382 g/mol. The summed E-state index contributed by atoms with van der Waals surface area (Å²) in [6, 6.07) is 15.8. The number of nitrogens with zero attached hydrogens (tertiary/aromatic N) is 4. The maximum absolute atomic E-state index is 14.1. The van der Waals surface area contributed by atoms with E-state index < -0.39 is 0 Å². The fourth-order valence-corrected chi connectivity index (χ4v) is 3.41. The average molecular weight is 382 g/mol. The number of benzene rings is 2. The highest BCUT2D eigenvalue weighted by Gasteiger charge is 2.18. The fourth-order valence-electron chi connectivity index (χ4n) is 2.55. The molecule has 3 rings (SSSR count). The lowest BCUT2D eigenvalue weighted by Gasteiger charge is -2.17. The Kier molecular flexibility index (Phi) is 6.03. The molecule has 0 spiro atoms. The molecular formula is C20H19FN4OS. The van der Waals surface area contributed by atoms with Crippen molar-refractivity contribution in [2.75, 3.05) is 17.7 Å². The lowest BCUT2D eigenvalue weighted by atomic mass is 10.2. The molecule has 0 atom stereocenters. The molecule has 0 saturated carbocycles. The van der Waals surface area contributed by atoms with E-state index in [0.717, 1.165) is 5.69 Å². The minimum atomic E-state index is -0.369. The number of para-hydroxylation sites is 1. The van der Waals surface area contributed by atoms with E-state index in [4.69, 9.17) is 0 Å². The molecule has 0 radical (unpaired) electrons. The third kappa shape index (κ3) is 4.25. The van der Waals surface area contributed by atoms with Crippen molar-refractivity contribution in [1.29, 1.82) is 0 Å². The molecule has 0 bridgehead atoms. The molecule has 0 N–H and O–H groups in total. The first-order valence-electron chi connectivity index (χ1n) is 8.35. The highest BCUT2D eigenvalue weighted by molar-refractivity contribution is 7.99. The van der Waals surface area contributed by atoms with Crippen LogP contribution < -0.4 is 4.90 Å². The first-order chi connectivity index (χ1) is 13.1. The SMILES string of the molecule is C=CCn1c(SCC(=O)N(C)c2ccccc2)nnc1-c1ccccc1F. The minimum Gasteiger partial charge on any atom is -0.315 e. The van der Waals surface area contributed by atoms with Crippen LogP contribution in [0.15, 0.2) is 72.4 Å². The Morgan fingerprint density at radius 1 is 1.19 bits per heavy atom. The van der Waals surface area contributed by atoms with Gasteiger partial charge in [0.05, 0.1) is 11.3 Å². The van der Waals surface area contributed by atoms with Crippen LogP contribution in [0.2, 0.25) is 0 Å². The molecule has 1 amide bonds. The maximum Gasteiger partial charge on any atom is 0.237 e. The van der Waals surface area contributed by atoms with Crippen molar-refractivity contribution < 1.29 is 9.18 Å². The largest absolute Gasteiger partial charge is 0.315 e. The Morgan fingerprint density at radius 3 is 2.59 bits per heavy atom. The molecule has 7 heteroatoms. The molecule has 0 unspecified atom stereocenters. The van der Waals surface area contributed by atoms with Gasteiger partial charge in [0, 0.05) is 19.3 Å². The van der Waals surface area contributed by atoms with Gasteiger partial charge in [-0.15, -0.1) is 16.8 Å². The first-order valence-corrected chi connectivity index (χ1v) is 9.33. The summed E-state index contributed by atoms with van der Waals surface area (Å²) in [5.74, 6) is 0.176. The zero-order valence-corrected chi connectivity index (χ0v) is 15.7. The summed E-state index contributed by atoms with van der Waals surface area (Å²) in [6.45, 7) is 4.16. The van der Waals surface area contributed by atoms with E-state index >= 15 is 0 Å². The summed E-state index contributed by atoms with van der Waals surface area (Å²) in [4.78, 5) is 14.1. The number of anilines is 1. The number of allylic oxidation sites excluding steroid dienone is 1. The van der Waals surface area contributed by atoms with Crippen molar-refractivity contribution in [3.63, 3.8) is 0 Å². The van der Waals surface area contributed by atoms with Crippen LogP contribution in [0.3, 0.4) is 0 Å². The standard InChI is InChI=1S/C20H19FN4OS/c1-3-13-25-19(16-11-7-8-12-17(16)21)22-23-20(25)27-14-18(26)24(2)15-9-5-4-6-10-15/h3-12H,1,13-14H2,2H3. The molecule has 0 aliphatic carbocycles. The molecular weight excluding hydrogens is 363 g/mol. The van der Waals surface area contributed by atoms with E-state index in [9.17, 15) is 9.18 Å². The number of aromatic nitrogens is 3. The Balaban J connectivity index is 1.78. The minimum absolute atomic E-state index is 0.0632. The second-order valence-electron chi connectivity index (χ2n) is 5.76. The molecule has 3 aromatic rings. The summed E-state index contributed by atoms with van der Waals surface area (Å²) in [7, 11) is 1.73. The number of hydrogen-bond donors (Lipinski definition) is 0. The topological polar surface area (TPSA) is 51.0 Å². The van der Waals surface area contributed by atoms with E-state index in [-0.39, 0.29) is 17.5 Å². The van der Waals surface area contributed by atoms with Gasteiger partial charge in [-0.2, -0.15) is 0 Å². The maximum atomic E-state index is 14.1. The molecule has 0 saturated heterocycles. The molecule has 1 heterocycles. The first kappa shape index (κ1) is 18.8. The molecule has 138 valence electrons. The number of hydrogen-bond acceptors (Lipinski definition) is 4. The quantitative estimate of drug-likeness (QED) is 0.457. The van der Waals surface area contributed by atoms with Gasteiger partial charge in [0.2, 0.25) is 5.91 Å². The van der Waals surface area contributed by atoms with Crippen LogP contribution in [0.5, 0.6) is 0 Å². The number of halogens is 1. The van der Waals surface area contributed by atoms with Crippen molar-refractivity contribution in [3.05, 3.63) is 73.1 Å². The Bertz CT molecular complexity index is 942. The van der Waals surface area contributed by atoms with Crippen LogP contribution in [0.25, 0.3) is 11.4 Å². The molecule has 27 heavy (non-hydrogen) atoms. The smallest absolute Gasteiger partial charge is 0.237 e. The predicted molar refractivity (Wildman–Crippen MR) is 106 cm³/mol. The van der Waals surface area contributed by atoms with Gasteiger partial charge in [-0.25, -0.2) is 4.39 Å². The van der Waals surface area contributed by atoms with E-state index in [1.165, 1.54) is 17.8 Å². The average Bonchev–Trinajstić information content (AvgIpc) is 3.09. The van der Waals surface area contributed by atoms with Crippen LogP contribution >= 0.6 is 11.8 Å². The summed E-state index contributed by atoms with van der Waals surface area (Å²) in [6.07, 6.45) is 1.69. The van der Waals surface area contributed by atoms with Crippen molar-refractivity contribution >= 4 is 23.4 Å². The van der Waals surface area contributed by atoms with Crippen LogP contribution in [0, 0.1) is 5.82 Å². The molecule has 0 fully saturated rings. The van der Waals surface area contributed by atoms with Gasteiger partial charge in [0.1, 0.15) is 5.82 Å². The van der Waals surface area contributed by atoms with Crippen molar-refractivity contribution in [3.8, 4) is 11.4 Å². The lowest BCUT2D eigenvalue weighted by Crippen LogP contribution is -2.27. The van der Waals surface area contributed by atoms with Gasteiger partial charge in [-0.3, -0.25) is 9.36 Å². The normalized spacial score (nSPS) is 10.6. The van der Waals surface area contributed by atoms with E-state index in [1.807, 2.05) is 30.3 Å². The van der Waals surface area contributed by atoms with E-state index in [0.29, 0.717) is 23.1 Å². The molecule has 1 aromatic heterocycles. The summed E-state index contributed by atoms with van der Waals surface area (Å²) in [5.41, 5.74) is 1.19. The van der Waals surface area contributed by atoms with Crippen molar-refractivity contribution in [2.45, 2.75) is 11.7 Å². The van der Waals surface area contributed by atoms with Gasteiger partial charge in [0.15, 0.2) is 11.0 Å². The van der Waals surface area contributed by atoms with E-state index in [2.05, 4.69) is 16.8 Å². The van der Waals surface area contributed by atoms with Gasteiger partial charge in [-0.05, 0) is 24.3 Å². The zero-order chi connectivity index (χ0) is 19.2. The van der Waals surface area contributed by atoms with Gasteiger partial charge in [-0.1, -0.05) is 48.2 Å². The molecule has 2 aromatic carbocycles. The highest BCUT2D eigenvalue weighted by Crippen LogP contribution is 2.26. The Hall–Kier alpha value is -2.93. The summed E-state index contributed by atoms with van der Waals surface area (Å²) < 4.78 is 15.9. The van der Waals surface area contributed by atoms with Crippen molar-refractivity contribution in [2.24, 2.45) is 0 Å². The van der Waals surface area contributed by atoms with Gasteiger partial charge in [0.25, 0.3) is 0 Å². The second-order valence-corrected chi connectivity index (χ2v) is 6.70. The van der Waals surface area contributed by atoms with Gasteiger partial charge >= 0.3 is 0 Å². The van der Waals surface area contributed by atoms with Crippen LogP contribution in [0.4, 0.5) is 10.1 Å². The van der Waals surface area contributed by atoms with Crippen LogP contribution in [-0.4, -0.2) is 33.5 Å². The molecule has 0 aliphatic heterocycles. The van der Waals surface area contributed by atoms with Crippen LogP contribution in [-0.2, 0) is 11.3 Å².